The molecule has 4 aromatic rings. The molecule has 3 amide bonds. The fourth-order valence-corrected chi connectivity index (χ4v) is 4.94. The first-order valence-corrected chi connectivity index (χ1v) is 11.0. The summed E-state index contributed by atoms with van der Waals surface area (Å²) in [6.45, 7) is 4.28. The van der Waals surface area contributed by atoms with Crippen LogP contribution in [-0.2, 0) is 11.3 Å². The van der Waals surface area contributed by atoms with Gasteiger partial charge in [0.2, 0.25) is 5.91 Å². The number of aromatic amines is 1. The van der Waals surface area contributed by atoms with E-state index in [1.807, 2.05) is 62.4 Å². The molecule has 5 rings (SSSR count). The number of amides is 3. The Balaban J connectivity index is 1.49. The topological polar surface area (TPSA) is 95.2 Å². The molecule has 2 aromatic carbocycles. The molecule has 1 fully saturated rings. The van der Waals surface area contributed by atoms with Crippen LogP contribution < -0.4 is 10.9 Å². The van der Waals surface area contributed by atoms with Gasteiger partial charge in [-0.3, -0.25) is 14.5 Å². The molecule has 160 valence electrons. The van der Waals surface area contributed by atoms with E-state index in [1.54, 1.807) is 0 Å². The molecular formula is C24H20N4O3S. The summed E-state index contributed by atoms with van der Waals surface area (Å²) in [4.78, 5) is 47.1. The van der Waals surface area contributed by atoms with Crippen LogP contribution in [0.2, 0.25) is 0 Å². The molecule has 0 atom stereocenters. The standard InChI is InChI=1S/C24H20N4O3S/c1-13-3-7-16(8-4-13)19-14(2)32-23-20(19)22(30)26-21(27-23)17-9-5-15(6-10-17)12-28-18(29)11-25-24(28)31/h3-10H,11-12H2,1-2H3,(H,25,31)(H,26,27,30). The number of thiophene rings is 1. The SMILES string of the molecule is Cc1ccc(-c2c(C)sc3nc(-c4ccc(CN5C(=O)CNC5=O)cc4)[nH]c(=O)c23)cc1. The highest BCUT2D eigenvalue weighted by Crippen LogP contribution is 2.36. The monoisotopic (exact) mass is 444 g/mol. The van der Waals surface area contributed by atoms with Crippen molar-refractivity contribution in [1.29, 1.82) is 0 Å². The van der Waals surface area contributed by atoms with E-state index in [0.29, 0.717) is 16.0 Å². The minimum atomic E-state index is -0.382. The number of aromatic nitrogens is 2. The largest absolute Gasteiger partial charge is 0.329 e. The van der Waals surface area contributed by atoms with Crippen LogP contribution in [0.25, 0.3) is 32.7 Å². The number of hydrogen-bond acceptors (Lipinski definition) is 5. The summed E-state index contributed by atoms with van der Waals surface area (Å²) < 4.78 is 0. The lowest BCUT2D eigenvalue weighted by Crippen LogP contribution is -2.30. The fourth-order valence-electron chi connectivity index (χ4n) is 3.89. The molecule has 1 aliphatic rings. The number of carbonyl (C=O) groups is 2. The molecule has 2 aromatic heterocycles. The number of benzene rings is 2. The second-order valence-electron chi connectivity index (χ2n) is 7.83. The van der Waals surface area contributed by atoms with Gasteiger partial charge in [-0.2, -0.15) is 0 Å². The van der Waals surface area contributed by atoms with Crippen molar-refractivity contribution in [3.63, 3.8) is 0 Å². The Morgan fingerprint density at radius 1 is 0.969 bits per heavy atom. The highest BCUT2D eigenvalue weighted by molar-refractivity contribution is 7.19. The number of imide groups is 1. The molecule has 0 spiro atoms. The maximum absolute atomic E-state index is 13.0. The van der Waals surface area contributed by atoms with Crippen molar-refractivity contribution in [3.8, 4) is 22.5 Å². The summed E-state index contributed by atoms with van der Waals surface area (Å²) >= 11 is 1.51. The van der Waals surface area contributed by atoms with Gasteiger partial charge in [-0.15, -0.1) is 11.3 Å². The van der Waals surface area contributed by atoms with Crippen molar-refractivity contribution >= 4 is 33.5 Å². The summed E-state index contributed by atoms with van der Waals surface area (Å²) in [7, 11) is 0. The third-order valence-corrected chi connectivity index (χ3v) is 6.58. The van der Waals surface area contributed by atoms with Gasteiger partial charge < -0.3 is 10.3 Å². The zero-order chi connectivity index (χ0) is 22.4. The minimum Gasteiger partial charge on any atom is -0.329 e. The molecule has 7 nitrogen and oxygen atoms in total. The van der Waals surface area contributed by atoms with E-state index in [1.165, 1.54) is 21.8 Å². The van der Waals surface area contributed by atoms with E-state index in [4.69, 9.17) is 4.98 Å². The van der Waals surface area contributed by atoms with Crippen LogP contribution in [-0.4, -0.2) is 33.4 Å². The van der Waals surface area contributed by atoms with Gasteiger partial charge >= 0.3 is 6.03 Å². The van der Waals surface area contributed by atoms with Crippen LogP contribution in [0.15, 0.2) is 53.3 Å². The lowest BCUT2D eigenvalue weighted by molar-refractivity contribution is -0.125. The Labute approximate surface area is 187 Å². The van der Waals surface area contributed by atoms with E-state index in [-0.39, 0.29) is 30.6 Å². The summed E-state index contributed by atoms with van der Waals surface area (Å²) in [5, 5.41) is 3.12. The molecule has 0 aliphatic carbocycles. The normalized spacial score (nSPS) is 13.8. The van der Waals surface area contributed by atoms with Gasteiger partial charge in [0.1, 0.15) is 10.7 Å². The lowest BCUT2D eigenvalue weighted by atomic mass is 10.0. The van der Waals surface area contributed by atoms with Crippen molar-refractivity contribution in [2.24, 2.45) is 0 Å². The molecule has 1 aliphatic heterocycles. The van der Waals surface area contributed by atoms with Crippen LogP contribution in [0.4, 0.5) is 4.79 Å². The summed E-state index contributed by atoms with van der Waals surface area (Å²) in [5.41, 5.74) is 4.49. The van der Waals surface area contributed by atoms with Crippen molar-refractivity contribution in [2.45, 2.75) is 20.4 Å². The third kappa shape index (κ3) is 3.48. The zero-order valence-electron chi connectivity index (χ0n) is 17.6. The van der Waals surface area contributed by atoms with Crippen LogP contribution in [0.5, 0.6) is 0 Å². The number of carbonyl (C=O) groups excluding carboxylic acids is 2. The van der Waals surface area contributed by atoms with Gasteiger partial charge in [0.25, 0.3) is 5.56 Å². The molecule has 0 bridgehead atoms. The first-order valence-electron chi connectivity index (χ1n) is 10.2. The maximum Gasteiger partial charge on any atom is 0.324 e. The van der Waals surface area contributed by atoms with Crippen molar-refractivity contribution in [2.75, 3.05) is 6.54 Å². The van der Waals surface area contributed by atoms with Gasteiger partial charge in [-0.1, -0.05) is 54.1 Å². The third-order valence-electron chi connectivity index (χ3n) is 5.58. The first kappa shape index (κ1) is 20.1. The molecule has 3 heterocycles. The molecule has 8 heteroatoms. The molecule has 0 unspecified atom stereocenters. The summed E-state index contributed by atoms with van der Waals surface area (Å²) in [5.74, 6) is 0.244. The number of H-pyrrole nitrogens is 1. The quantitative estimate of drug-likeness (QED) is 0.466. The molecule has 0 saturated carbocycles. The Morgan fingerprint density at radius 2 is 1.66 bits per heavy atom. The van der Waals surface area contributed by atoms with Gasteiger partial charge in [-0.25, -0.2) is 9.78 Å². The number of hydrogen-bond donors (Lipinski definition) is 2. The van der Waals surface area contributed by atoms with E-state index in [2.05, 4.69) is 10.3 Å². The second-order valence-corrected chi connectivity index (χ2v) is 9.03. The van der Waals surface area contributed by atoms with Crippen LogP contribution in [0.1, 0.15) is 16.0 Å². The average Bonchev–Trinajstić information content (AvgIpc) is 3.28. The Morgan fingerprint density at radius 3 is 2.31 bits per heavy atom. The zero-order valence-corrected chi connectivity index (χ0v) is 18.4. The number of urea groups is 1. The number of rotatable bonds is 4. The van der Waals surface area contributed by atoms with Gasteiger partial charge in [0, 0.05) is 16.0 Å². The predicted molar refractivity (Wildman–Crippen MR) is 125 cm³/mol. The van der Waals surface area contributed by atoms with Crippen LogP contribution in [0.3, 0.4) is 0 Å². The predicted octanol–water partition coefficient (Wildman–Crippen LogP) is 3.99. The number of aryl methyl sites for hydroxylation is 2. The Hall–Kier alpha value is -3.78. The van der Waals surface area contributed by atoms with Gasteiger partial charge in [-0.05, 0) is 25.0 Å². The highest BCUT2D eigenvalue weighted by Gasteiger charge is 2.28. The molecule has 32 heavy (non-hydrogen) atoms. The van der Waals surface area contributed by atoms with E-state index in [9.17, 15) is 14.4 Å². The van der Waals surface area contributed by atoms with Crippen molar-refractivity contribution < 1.29 is 9.59 Å². The van der Waals surface area contributed by atoms with Gasteiger partial charge in [0.15, 0.2) is 0 Å². The Bertz CT molecular complexity index is 1400. The highest BCUT2D eigenvalue weighted by atomic mass is 32.1. The smallest absolute Gasteiger partial charge is 0.324 e. The minimum absolute atomic E-state index is 0.0346. The number of nitrogens with zero attached hydrogens (tertiary/aromatic N) is 2. The van der Waals surface area contributed by atoms with Crippen LogP contribution >= 0.6 is 11.3 Å². The van der Waals surface area contributed by atoms with Crippen molar-refractivity contribution in [3.05, 3.63) is 74.9 Å². The molecule has 0 radical (unpaired) electrons. The molecule has 2 N–H and O–H groups in total. The van der Waals surface area contributed by atoms with Gasteiger partial charge in [0.05, 0.1) is 18.5 Å². The lowest BCUT2D eigenvalue weighted by Gasteiger charge is -2.12. The van der Waals surface area contributed by atoms with E-state index >= 15 is 0 Å². The number of fused-ring (bicyclic) bond motifs is 1. The average molecular weight is 445 g/mol. The van der Waals surface area contributed by atoms with E-state index < -0.39 is 0 Å². The number of nitrogens with one attached hydrogen (secondary N) is 2. The second kappa shape index (κ2) is 7.72. The fraction of sp³-hybridized carbons (Fsp3) is 0.167. The maximum atomic E-state index is 13.0. The molecular weight excluding hydrogens is 424 g/mol. The van der Waals surface area contributed by atoms with Crippen LogP contribution in [0, 0.1) is 13.8 Å². The summed E-state index contributed by atoms with van der Waals surface area (Å²) in [6.07, 6.45) is 0. The van der Waals surface area contributed by atoms with E-state index in [0.717, 1.165) is 27.1 Å². The molecule has 1 saturated heterocycles. The van der Waals surface area contributed by atoms with Crippen molar-refractivity contribution in [1.82, 2.24) is 20.2 Å². The first-order chi connectivity index (χ1) is 15.4. The Kier molecular flexibility index (Phi) is 4.86. The summed E-state index contributed by atoms with van der Waals surface area (Å²) in [6, 6.07) is 15.1.